The maximum absolute atomic E-state index is 5.89. The molecule has 0 spiro atoms. The fraction of sp³-hybridized carbons (Fsp3) is 0.600. The number of anilines is 1. The minimum absolute atomic E-state index is 0. The van der Waals surface area contributed by atoms with Crippen molar-refractivity contribution >= 4 is 41.4 Å². The van der Waals surface area contributed by atoms with Gasteiger partial charge in [-0.2, -0.15) is 0 Å². The quantitative estimate of drug-likeness (QED) is 0.419. The van der Waals surface area contributed by atoms with E-state index in [1.807, 2.05) is 10.6 Å². The molecule has 9 heteroatoms. The molecule has 0 radical (unpaired) electrons. The van der Waals surface area contributed by atoms with E-state index in [1.54, 1.807) is 12.5 Å². The Labute approximate surface area is 159 Å². The Kier molecular flexibility index (Phi) is 6.58. The lowest BCUT2D eigenvalue weighted by Gasteiger charge is -2.32. The van der Waals surface area contributed by atoms with Gasteiger partial charge < -0.3 is 16.0 Å². The Balaban J connectivity index is 0.00000208. The molecule has 3 rings (SSSR count). The van der Waals surface area contributed by atoms with Gasteiger partial charge in [-0.05, 0) is 32.6 Å². The number of piperidine rings is 1. The summed E-state index contributed by atoms with van der Waals surface area (Å²) in [5.74, 6) is 1.89. The molecular formula is C15H25IN8. The van der Waals surface area contributed by atoms with Crippen LogP contribution in [0.25, 0.3) is 5.65 Å². The van der Waals surface area contributed by atoms with Gasteiger partial charge in [0.1, 0.15) is 6.33 Å². The molecule has 0 aliphatic carbocycles. The molecule has 1 fully saturated rings. The summed E-state index contributed by atoms with van der Waals surface area (Å²) < 4.78 is 1.90. The van der Waals surface area contributed by atoms with Crippen molar-refractivity contribution in [2.45, 2.75) is 32.7 Å². The van der Waals surface area contributed by atoms with E-state index in [0.717, 1.165) is 43.9 Å². The van der Waals surface area contributed by atoms with E-state index in [-0.39, 0.29) is 24.0 Å². The van der Waals surface area contributed by atoms with Crippen LogP contribution >= 0.6 is 24.0 Å². The third kappa shape index (κ3) is 4.46. The van der Waals surface area contributed by atoms with Gasteiger partial charge in [0.15, 0.2) is 11.8 Å². The topological polar surface area (TPSA) is 96.7 Å². The number of hydrogen-bond acceptors (Lipinski definition) is 5. The molecule has 2 aromatic heterocycles. The number of aliphatic imine (C=N–C) groups is 1. The number of halogens is 1. The lowest BCUT2D eigenvalue weighted by molar-refractivity contribution is 0.422. The molecule has 2 aromatic rings. The third-order valence-electron chi connectivity index (χ3n) is 3.97. The molecule has 1 unspecified atom stereocenters. The van der Waals surface area contributed by atoms with Crippen molar-refractivity contribution in [3.05, 3.63) is 18.7 Å². The maximum Gasteiger partial charge on any atom is 0.203 e. The first-order valence-electron chi connectivity index (χ1n) is 8.09. The van der Waals surface area contributed by atoms with Gasteiger partial charge in [-0.3, -0.25) is 9.39 Å². The van der Waals surface area contributed by atoms with Crippen molar-refractivity contribution in [3.8, 4) is 0 Å². The number of guanidine groups is 1. The van der Waals surface area contributed by atoms with Crippen LogP contribution in [-0.2, 0) is 0 Å². The molecule has 8 nitrogen and oxygen atoms in total. The van der Waals surface area contributed by atoms with Gasteiger partial charge in [-0.1, -0.05) is 0 Å². The second-order valence-corrected chi connectivity index (χ2v) is 6.29. The van der Waals surface area contributed by atoms with Crippen LogP contribution in [0, 0.1) is 5.92 Å². The van der Waals surface area contributed by atoms with Crippen molar-refractivity contribution in [2.24, 2.45) is 16.6 Å². The highest BCUT2D eigenvalue weighted by atomic mass is 127. The van der Waals surface area contributed by atoms with Crippen molar-refractivity contribution in [1.82, 2.24) is 24.9 Å². The number of nitrogens with one attached hydrogen (secondary N) is 1. The molecule has 1 aliphatic rings. The van der Waals surface area contributed by atoms with Crippen LogP contribution in [0.5, 0.6) is 0 Å². The molecule has 0 saturated carbocycles. The number of fused-ring (bicyclic) bond motifs is 1. The Bertz CT molecular complexity index is 683. The predicted molar refractivity (Wildman–Crippen MR) is 106 cm³/mol. The molecule has 1 atom stereocenters. The van der Waals surface area contributed by atoms with Crippen LogP contribution in [0.4, 0.5) is 5.82 Å². The zero-order chi connectivity index (χ0) is 16.2. The Morgan fingerprint density at radius 1 is 1.50 bits per heavy atom. The van der Waals surface area contributed by atoms with E-state index in [1.165, 1.54) is 0 Å². The molecule has 0 aromatic carbocycles. The van der Waals surface area contributed by atoms with Gasteiger partial charge in [-0.15, -0.1) is 34.2 Å². The highest BCUT2D eigenvalue weighted by Gasteiger charge is 2.23. The minimum Gasteiger partial charge on any atom is -0.370 e. The monoisotopic (exact) mass is 444 g/mol. The van der Waals surface area contributed by atoms with Crippen LogP contribution in [0.3, 0.4) is 0 Å². The second-order valence-electron chi connectivity index (χ2n) is 6.29. The van der Waals surface area contributed by atoms with E-state index < -0.39 is 0 Å². The van der Waals surface area contributed by atoms with Gasteiger partial charge in [0.05, 0.1) is 0 Å². The zero-order valence-corrected chi connectivity index (χ0v) is 16.4. The van der Waals surface area contributed by atoms with Crippen LogP contribution in [-0.4, -0.2) is 51.2 Å². The van der Waals surface area contributed by atoms with E-state index in [4.69, 9.17) is 5.73 Å². The number of rotatable bonds is 4. The first-order valence-corrected chi connectivity index (χ1v) is 8.09. The van der Waals surface area contributed by atoms with Gasteiger partial charge in [0.2, 0.25) is 5.65 Å². The summed E-state index contributed by atoms with van der Waals surface area (Å²) in [5.41, 5.74) is 6.69. The summed E-state index contributed by atoms with van der Waals surface area (Å²) in [7, 11) is 0. The third-order valence-corrected chi connectivity index (χ3v) is 3.97. The average Bonchev–Trinajstić information content (AvgIpc) is 3.01. The summed E-state index contributed by atoms with van der Waals surface area (Å²) in [6.45, 7) is 6.74. The van der Waals surface area contributed by atoms with Crippen molar-refractivity contribution in [2.75, 3.05) is 24.5 Å². The van der Waals surface area contributed by atoms with Gasteiger partial charge in [-0.25, -0.2) is 4.98 Å². The average molecular weight is 444 g/mol. The molecule has 1 aliphatic heterocycles. The molecule has 0 bridgehead atoms. The molecule has 24 heavy (non-hydrogen) atoms. The van der Waals surface area contributed by atoms with Crippen LogP contribution < -0.4 is 16.0 Å². The molecule has 3 heterocycles. The number of aromatic nitrogens is 4. The van der Waals surface area contributed by atoms with Crippen LogP contribution in [0.15, 0.2) is 23.7 Å². The first-order chi connectivity index (χ1) is 11.1. The SMILES string of the molecule is CC(C)NC(N)=NCC1CCCN(c2nccn3cnnc23)C1.I. The van der Waals surface area contributed by atoms with Crippen LogP contribution in [0.2, 0.25) is 0 Å². The van der Waals surface area contributed by atoms with Crippen molar-refractivity contribution in [3.63, 3.8) is 0 Å². The first kappa shape index (κ1) is 18.7. The summed E-state index contributed by atoms with van der Waals surface area (Å²) in [6.07, 6.45) is 7.63. The number of nitrogens with zero attached hydrogens (tertiary/aromatic N) is 6. The summed E-state index contributed by atoms with van der Waals surface area (Å²) in [5, 5.41) is 11.3. The van der Waals surface area contributed by atoms with E-state index >= 15 is 0 Å². The fourth-order valence-electron chi connectivity index (χ4n) is 2.94. The fourth-order valence-corrected chi connectivity index (χ4v) is 2.94. The zero-order valence-electron chi connectivity index (χ0n) is 14.1. The Morgan fingerprint density at radius 3 is 3.12 bits per heavy atom. The lowest BCUT2D eigenvalue weighted by Crippen LogP contribution is -2.39. The van der Waals surface area contributed by atoms with Crippen molar-refractivity contribution < 1.29 is 0 Å². The number of hydrogen-bond donors (Lipinski definition) is 2. The summed E-state index contributed by atoms with van der Waals surface area (Å²) in [6, 6.07) is 0.302. The summed E-state index contributed by atoms with van der Waals surface area (Å²) in [4.78, 5) is 11.3. The van der Waals surface area contributed by atoms with E-state index in [9.17, 15) is 0 Å². The molecule has 0 amide bonds. The Morgan fingerprint density at radius 2 is 2.33 bits per heavy atom. The van der Waals surface area contributed by atoms with Crippen molar-refractivity contribution in [1.29, 1.82) is 0 Å². The highest BCUT2D eigenvalue weighted by molar-refractivity contribution is 14.0. The van der Waals surface area contributed by atoms with Gasteiger partial charge >= 0.3 is 0 Å². The largest absolute Gasteiger partial charge is 0.370 e. The smallest absolute Gasteiger partial charge is 0.203 e. The molecule has 3 N–H and O–H groups in total. The summed E-state index contributed by atoms with van der Waals surface area (Å²) >= 11 is 0. The van der Waals surface area contributed by atoms with Gasteiger partial charge in [0.25, 0.3) is 0 Å². The molecule has 1 saturated heterocycles. The highest BCUT2D eigenvalue weighted by Crippen LogP contribution is 2.24. The van der Waals surface area contributed by atoms with Gasteiger partial charge in [0, 0.05) is 38.1 Å². The molecular weight excluding hydrogens is 419 g/mol. The second kappa shape index (κ2) is 8.45. The lowest BCUT2D eigenvalue weighted by atomic mass is 9.98. The minimum atomic E-state index is 0. The van der Waals surface area contributed by atoms with Crippen LogP contribution in [0.1, 0.15) is 26.7 Å². The van der Waals surface area contributed by atoms with E-state index in [2.05, 4.69) is 44.2 Å². The number of nitrogens with two attached hydrogens (primary N) is 1. The van der Waals surface area contributed by atoms with E-state index in [0.29, 0.717) is 17.9 Å². The predicted octanol–water partition coefficient (Wildman–Crippen LogP) is 1.27. The normalized spacial score (nSPS) is 18.7. The maximum atomic E-state index is 5.89. The standard InChI is InChI=1S/C15H24N8.HI/c1-11(2)20-15(16)18-8-12-4-3-6-22(9-12)13-14-21-19-10-23(14)7-5-17-13;/h5,7,10-12H,3-4,6,8-9H2,1-2H3,(H3,16,18,20);1H. The Hall–Kier alpha value is -1.65. The molecule has 132 valence electrons.